The van der Waals surface area contributed by atoms with Crippen LogP contribution in [0.5, 0.6) is 0 Å². The molecule has 1 heterocycles. The predicted octanol–water partition coefficient (Wildman–Crippen LogP) is 1.54. The molecule has 0 amide bonds. The predicted molar refractivity (Wildman–Crippen MR) is 61.1 cm³/mol. The number of pyridine rings is 1. The van der Waals surface area contributed by atoms with Crippen molar-refractivity contribution in [3.05, 3.63) is 34.2 Å². The lowest BCUT2D eigenvalue weighted by Crippen LogP contribution is -2.23. The Kier molecular flexibility index (Phi) is 5.30. The van der Waals surface area contributed by atoms with Crippen LogP contribution in [0.15, 0.2) is 23.1 Å². The Labute approximate surface area is 95.1 Å². The molecule has 1 aromatic rings. The number of nitrogens with zero attached hydrogens (tertiary/aromatic N) is 2. The summed E-state index contributed by atoms with van der Waals surface area (Å²) in [5, 5.41) is 8.69. The highest BCUT2D eigenvalue weighted by atomic mass is 16.5. The van der Waals surface area contributed by atoms with Crippen molar-refractivity contribution in [2.75, 3.05) is 13.2 Å². The van der Waals surface area contributed by atoms with E-state index in [2.05, 4.69) is 6.92 Å². The minimum Gasteiger partial charge on any atom is -0.380 e. The van der Waals surface area contributed by atoms with Gasteiger partial charge in [0.25, 0.3) is 5.56 Å². The van der Waals surface area contributed by atoms with Crippen LogP contribution in [0.25, 0.3) is 0 Å². The summed E-state index contributed by atoms with van der Waals surface area (Å²) in [6, 6.07) is 5.10. The van der Waals surface area contributed by atoms with E-state index in [1.165, 1.54) is 10.6 Å². The molecule has 0 aliphatic heterocycles. The zero-order valence-electron chi connectivity index (χ0n) is 9.48. The fourth-order valence-electron chi connectivity index (χ4n) is 1.31. The monoisotopic (exact) mass is 220 g/mol. The SMILES string of the molecule is CCCCOCCn1cccc(C#N)c1=O. The summed E-state index contributed by atoms with van der Waals surface area (Å²) in [6.45, 7) is 3.83. The van der Waals surface area contributed by atoms with Crippen LogP contribution in [-0.4, -0.2) is 17.8 Å². The molecule has 0 radical (unpaired) electrons. The number of unbranched alkanes of at least 4 members (excludes halogenated alkanes) is 1. The van der Waals surface area contributed by atoms with Crippen molar-refractivity contribution in [1.29, 1.82) is 5.26 Å². The van der Waals surface area contributed by atoms with Gasteiger partial charge < -0.3 is 9.30 Å². The van der Waals surface area contributed by atoms with E-state index in [0.717, 1.165) is 19.4 Å². The van der Waals surface area contributed by atoms with Gasteiger partial charge in [0.2, 0.25) is 0 Å². The Balaban J connectivity index is 2.49. The highest BCUT2D eigenvalue weighted by Gasteiger charge is 2.01. The third-order valence-corrected chi connectivity index (χ3v) is 2.26. The van der Waals surface area contributed by atoms with Crippen molar-refractivity contribution >= 4 is 0 Å². The number of nitriles is 1. The quantitative estimate of drug-likeness (QED) is 0.683. The van der Waals surface area contributed by atoms with Crippen molar-refractivity contribution in [3.8, 4) is 6.07 Å². The van der Waals surface area contributed by atoms with Crippen molar-refractivity contribution in [2.24, 2.45) is 0 Å². The van der Waals surface area contributed by atoms with Crippen LogP contribution in [0.4, 0.5) is 0 Å². The molecule has 0 aliphatic carbocycles. The summed E-state index contributed by atoms with van der Waals surface area (Å²) in [5.74, 6) is 0. The lowest BCUT2D eigenvalue weighted by Gasteiger charge is -2.06. The van der Waals surface area contributed by atoms with Crippen LogP contribution in [-0.2, 0) is 11.3 Å². The highest BCUT2D eigenvalue weighted by Crippen LogP contribution is 1.91. The van der Waals surface area contributed by atoms with Crippen LogP contribution in [0.1, 0.15) is 25.3 Å². The van der Waals surface area contributed by atoms with Crippen molar-refractivity contribution in [3.63, 3.8) is 0 Å². The summed E-state index contributed by atoms with van der Waals surface area (Å²) in [7, 11) is 0. The molecule has 86 valence electrons. The van der Waals surface area contributed by atoms with Gasteiger partial charge in [0.15, 0.2) is 0 Å². The molecule has 0 fully saturated rings. The lowest BCUT2D eigenvalue weighted by atomic mass is 10.3. The first kappa shape index (κ1) is 12.5. The molecule has 0 aromatic carbocycles. The Morgan fingerprint density at radius 1 is 1.50 bits per heavy atom. The summed E-state index contributed by atoms with van der Waals surface area (Å²) in [5.41, 5.74) is -0.0693. The van der Waals surface area contributed by atoms with Gasteiger partial charge in [-0.25, -0.2) is 0 Å². The van der Waals surface area contributed by atoms with Gasteiger partial charge in [-0.2, -0.15) is 5.26 Å². The second kappa shape index (κ2) is 6.81. The molecule has 0 bridgehead atoms. The average molecular weight is 220 g/mol. The number of rotatable bonds is 6. The normalized spacial score (nSPS) is 10.0. The summed E-state index contributed by atoms with van der Waals surface area (Å²) < 4.78 is 6.87. The standard InChI is InChI=1S/C12H16N2O2/c1-2-3-8-16-9-7-14-6-4-5-11(10-13)12(14)15/h4-6H,2-3,7-9H2,1H3. The number of hydrogen-bond donors (Lipinski definition) is 0. The molecule has 4 heteroatoms. The van der Waals surface area contributed by atoms with Crippen LogP contribution in [0.2, 0.25) is 0 Å². The molecule has 0 N–H and O–H groups in total. The molecule has 16 heavy (non-hydrogen) atoms. The minimum absolute atomic E-state index is 0.177. The molecule has 0 saturated carbocycles. The molecular weight excluding hydrogens is 204 g/mol. The summed E-state index contributed by atoms with van der Waals surface area (Å²) in [6.07, 6.45) is 3.81. The first-order valence-electron chi connectivity index (χ1n) is 5.47. The summed E-state index contributed by atoms with van der Waals surface area (Å²) >= 11 is 0. The fourth-order valence-corrected chi connectivity index (χ4v) is 1.31. The van der Waals surface area contributed by atoms with E-state index in [0.29, 0.717) is 13.2 Å². The Morgan fingerprint density at radius 3 is 3.00 bits per heavy atom. The van der Waals surface area contributed by atoms with Gasteiger partial charge in [-0.3, -0.25) is 4.79 Å². The fraction of sp³-hybridized carbons (Fsp3) is 0.500. The van der Waals surface area contributed by atoms with Gasteiger partial charge in [-0.15, -0.1) is 0 Å². The maximum Gasteiger partial charge on any atom is 0.268 e. The highest BCUT2D eigenvalue weighted by molar-refractivity contribution is 5.24. The zero-order chi connectivity index (χ0) is 11.8. The lowest BCUT2D eigenvalue weighted by molar-refractivity contribution is 0.123. The van der Waals surface area contributed by atoms with Gasteiger partial charge >= 0.3 is 0 Å². The zero-order valence-corrected chi connectivity index (χ0v) is 9.48. The van der Waals surface area contributed by atoms with Crippen molar-refractivity contribution in [1.82, 2.24) is 4.57 Å². The maximum absolute atomic E-state index is 11.6. The van der Waals surface area contributed by atoms with Gasteiger partial charge in [0.05, 0.1) is 6.61 Å². The Hall–Kier alpha value is -1.60. The van der Waals surface area contributed by atoms with E-state index in [1.807, 2.05) is 6.07 Å². The van der Waals surface area contributed by atoms with Crippen molar-refractivity contribution in [2.45, 2.75) is 26.3 Å². The third kappa shape index (κ3) is 3.52. The van der Waals surface area contributed by atoms with Crippen LogP contribution in [0, 0.1) is 11.3 Å². The van der Waals surface area contributed by atoms with Crippen LogP contribution >= 0.6 is 0 Å². The molecule has 0 unspecified atom stereocenters. The first-order valence-corrected chi connectivity index (χ1v) is 5.47. The molecule has 4 nitrogen and oxygen atoms in total. The Bertz CT molecular complexity index is 418. The molecule has 0 spiro atoms. The molecular formula is C12H16N2O2. The number of ether oxygens (including phenoxy) is 1. The number of hydrogen-bond acceptors (Lipinski definition) is 3. The molecule has 0 aliphatic rings. The largest absolute Gasteiger partial charge is 0.380 e. The van der Waals surface area contributed by atoms with E-state index in [1.54, 1.807) is 12.3 Å². The smallest absolute Gasteiger partial charge is 0.268 e. The number of aromatic nitrogens is 1. The summed E-state index contributed by atoms with van der Waals surface area (Å²) in [4.78, 5) is 11.6. The Morgan fingerprint density at radius 2 is 2.31 bits per heavy atom. The van der Waals surface area contributed by atoms with E-state index < -0.39 is 0 Å². The third-order valence-electron chi connectivity index (χ3n) is 2.26. The van der Waals surface area contributed by atoms with E-state index in [9.17, 15) is 4.79 Å². The molecule has 0 atom stereocenters. The second-order valence-electron chi connectivity index (χ2n) is 3.50. The van der Waals surface area contributed by atoms with Crippen LogP contribution < -0.4 is 5.56 Å². The first-order chi connectivity index (χ1) is 7.79. The van der Waals surface area contributed by atoms with E-state index in [-0.39, 0.29) is 11.1 Å². The van der Waals surface area contributed by atoms with Gasteiger partial charge in [0.1, 0.15) is 11.6 Å². The van der Waals surface area contributed by atoms with Gasteiger partial charge in [-0.05, 0) is 18.6 Å². The maximum atomic E-state index is 11.6. The minimum atomic E-state index is -0.246. The molecule has 1 aromatic heterocycles. The second-order valence-corrected chi connectivity index (χ2v) is 3.50. The van der Waals surface area contributed by atoms with Gasteiger partial charge in [-0.1, -0.05) is 13.3 Å². The average Bonchev–Trinajstić information content (AvgIpc) is 2.31. The van der Waals surface area contributed by atoms with E-state index >= 15 is 0 Å². The molecule has 0 saturated heterocycles. The molecule has 1 rings (SSSR count). The van der Waals surface area contributed by atoms with Crippen LogP contribution in [0.3, 0.4) is 0 Å². The van der Waals surface area contributed by atoms with Gasteiger partial charge in [0, 0.05) is 19.3 Å². The van der Waals surface area contributed by atoms with Crippen molar-refractivity contribution < 1.29 is 4.74 Å². The van der Waals surface area contributed by atoms with E-state index in [4.69, 9.17) is 10.00 Å². The topological polar surface area (TPSA) is 55.0 Å².